The Morgan fingerprint density at radius 2 is 2.25 bits per heavy atom. The van der Waals surface area contributed by atoms with Gasteiger partial charge in [-0.1, -0.05) is 0 Å². The van der Waals surface area contributed by atoms with Gasteiger partial charge in [0.2, 0.25) is 0 Å². The molecule has 0 aliphatic rings. The lowest BCUT2D eigenvalue weighted by atomic mass is 10.3. The topological polar surface area (TPSA) is 19.5 Å². The van der Waals surface area contributed by atoms with Crippen LogP contribution in [0.15, 0.2) is 29.6 Å². The van der Waals surface area contributed by atoms with Crippen molar-refractivity contribution in [3.05, 3.63) is 30.1 Å². The number of aromatic nitrogens is 1. The lowest BCUT2D eigenvalue weighted by Crippen LogP contribution is -2.26. The van der Waals surface area contributed by atoms with Crippen LogP contribution in [0.4, 0.5) is 0 Å². The first-order valence-corrected chi connectivity index (χ1v) is 3.85. The lowest BCUT2D eigenvalue weighted by molar-refractivity contribution is -0.671. The minimum Gasteiger partial charge on any atom is -0.303 e. The molecule has 3 nitrogen and oxygen atoms in total. The summed E-state index contributed by atoms with van der Waals surface area (Å²) in [5, 5.41) is 5.90. The van der Waals surface area contributed by atoms with E-state index in [1.807, 2.05) is 56.5 Å². The first-order valence-electron chi connectivity index (χ1n) is 3.85. The average Bonchev–Trinajstić information content (AvgIpc) is 2.01. The first kappa shape index (κ1) is 8.71. The number of hydrazone groups is 1. The van der Waals surface area contributed by atoms with E-state index in [1.165, 1.54) is 0 Å². The molecule has 0 spiro atoms. The van der Waals surface area contributed by atoms with E-state index in [1.54, 1.807) is 5.01 Å². The van der Waals surface area contributed by atoms with Gasteiger partial charge in [-0.15, -0.1) is 0 Å². The molecule has 0 atom stereocenters. The van der Waals surface area contributed by atoms with Crippen LogP contribution in [-0.2, 0) is 7.05 Å². The van der Waals surface area contributed by atoms with Crippen LogP contribution in [0.1, 0.15) is 5.56 Å². The highest BCUT2D eigenvalue weighted by molar-refractivity contribution is 5.78. The predicted molar refractivity (Wildman–Crippen MR) is 48.9 cm³/mol. The third-order valence-corrected chi connectivity index (χ3v) is 1.40. The van der Waals surface area contributed by atoms with Gasteiger partial charge in [0.1, 0.15) is 7.05 Å². The molecule has 0 amide bonds. The SMILES string of the molecule is CN(C)N=Cc1ccc[n+](C)c1. The van der Waals surface area contributed by atoms with Crippen LogP contribution in [0.25, 0.3) is 0 Å². The molecule has 1 aromatic rings. The number of nitrogens with zero attached hydrogens (tertiary/aromatic N) is 3. The van der Waals surface area contributed by atoms with Gasteiger partial charge in [-0.3, -0.25) is 0 Å². The molecule has 0 aliphatic heterocycles. The molecule has 0 saturated heterocycles. The smallest absolute Gasteiger partial charge is 0.177 e. The van der Waals surface area contributed by atoms with Gasteiger partial charge in [0.25, 0.3) is 0 Å². The van der Waals surface area contributed by atoms with Gasteiger partial charge in [0.15, 0.2) is 12.4 Å². The van der Waals surface area contributed by atoms with E-state index >= 15 is 0 Å². The summed E-state index contributed by atoms with van der Waals surface area (Å²) in [6.07, 6.45) is 5.85. The second-order valence-corrected chi connectivity index (χ2v) is 2.89. The summed E-state index contributed by atoms with van der Waals surface area (Å²) < 4.78 is 2.00. The second kappa shape index (κ2) is 3.85. The Hall–Kier alpha value is -1.38. The molecule has 12 heavy (non-hydrogen) atoms. The molecule has 0 bridgehead atoms. The fourth-order valence-corrected chi connectivity index (χ4v) is 0.870. The van der Waals surface area contributed by atoms with E-state index in [9.17, 15) is 0 Å². The third kappa shape index (κ3) is 2.70. The lowest BCUT2D eigenvalue weighted by Gasteiger charge is -2.01. The van der Waals surface area contributed by atoms with Gasteiger partial charge in [-0.2, -0.15) is 5.10 Å². The minimum atomic E-state index is 1.11. The van der Waals surface area contributed by atoms with E-state index < -0.39 is 0 Å². The molecule has 0 radical (unpaired) electrons. The van der Waals surface area contributed by atoms with Gasteiger partial charge in [-0.25, -0.2) is 4.57 Å². The molecule has 1 rings (SSSR count). The molecular formula is C9H14N3+. The molecule has 64 valence electrons. The molecule has 1 aromatic heterocycles. The van der Waals surface area contributed by atoms with Crippen molar-refractivity contribution in [2.45, 2.75) is 0 Å². The average molecular weight is 164 g/mol. The Kier molecular flexibility index (Phi) is 2.80. The normalized spacial score (nSPS) is 10.6. The zero-order chi connectivity index (χ0) is 8.97. The minimum absolute atomic E-state index is 1.11. The van der Waals surface area contributed by atoms with Crippen molar-refractivity contribution in [3.8, 4) is 0 Å². The molecular weight excluding hydrogens is 150 g/mol. The number of rotatable bonds is 2. The maximum absolute atomic E-state index is 4.13. The standard InChI is InChI=1S/C9H14N3/c1-11(2)10-7-9-5-4-6-12(3)8-9/h4-8H,1-3H3/q+1. The number of hydrogen-bond acceptors (Lipinski definition) is 2. The molecule has 0 fully saturated rings. The molecule has 3 heteroatoms. The van der Waals surface area contributed by atoms with E-state index in [4.69, 9.17) is 0 Å². The Morgan fingerprint density at radius 3 is 2.83 bits per heavy atom. The Morgan fingerprint density at radius 1 is 1.50 bits per heavy atom. The summed E-state index contributed by atoms with van der Waals surface area (Å²) in [4.78, 5) is 0. The molecule has 1 heterocycles. The molecule has 0 unspecified atom stereocenters. The number of hydrogen-bond donors (Lipinski definition) is 0. The largest absolute Gasteiger partial charge is 0.303 e. The van der Waals surface area contributed by atoms with Gasteiger partial charge >= 0.3 is 0 Å². The fraction of sp³-hybridized carbons (Fsp3) is 0.333. The van der Waals surface area contributed by atoms with Gasteiger partial charge in [0, 0.05) is 20.2 Å². The van der Waals surface area contributed by atoms with Crippen LogP contribution in [0.5, 0.6) is 0 Å². The summed E-state index contributed by atoms with van der Waals surface area (Å²) in [5.74, 6) is 0. The fourth-order valence-electron chi connectivity index (χ4n) is 0.870. The van der Waals surface area contributed by atoms with Crippen molar-refractivity contribution in [3.63, 3.8) is 0 Å². The van der Waals surface area contributed by atoms with Crippen LogP contribution in [-0.4, -0.2) is 25.3 Å². The van der Waals surface area contributed by atoms with Crippen molar-refractivity contribution >= 4 is 6.21 Å². The predicted octanol–water partition coefficient (Wildman–Crippen LogP) is 0.407. The van der Waals surface area contributed by atoms with Crippen molar-refractivity contribution in [1.82, 2.24) is 5.01 Å². The van der Waals surface area contributed by atoms with E-state index in [0.29, 0.717) is 0 Å². The molecule has 0 N–H and O–H groups in total. The summed E-state index contributed by atoms with van der Waals surface area (Å²) in [7, 11) is 5.80. The zero-order valence-electron chi connectivity index (χ0n) is 7.73. The Balaban J connectivity index is 2.76. The maximum atomic E-state index is 4.13. The van der Waals surface area contributed by atoms with Gasteiger partial charge in [-0.05, 0) is 6.07 Å². The summed E-state index contributed by atoms with van der Waals surface area (Å²) in [6.45, 7) is 0. The van der Waals surface area contributed by atoms with Crippen LogP contribution in [0, 0.1) is 0 Å². The monoisotopic (exact) mass is 164 g/mol. The highest BCUT2D eigenvalue weighted by Gasteiger charge is 1.93. The number of pyridine rings is 1. The summed E-state index contributed by atoms with van der Waals surface area (Å²) >= 11 is 0. The summed E-state index contributed by atoms with van der Waals surface area (Å²) in [5.41, 5.74) is 1.11. The Labute approximate surface area is 72.9 Å². The van der Waals surface area contributed by atoms with Crippen LogP contribution < -0.4 is 4.57 Å². The molecule has 0 aromatic carbocycles. The summed E-state index contributed by atoms with van der Waals surface area (Å²) in [6, 6.07) is 4.02. The molecule has 0 saturated carbocycles. The van der Waals surface area contributed by atoms with Crippen molar-refractivity contribution < 1.29 is 4.57 Å². The van der Waals surface area contributed by atoms with Crippen LogP contribution in [0.2, 0.25) is 0 Å². The highest BCUT2D eigenvalue weighted by Crippen LogP contribution is 1.89. The zero-order valence-corrected chi connectivity index (χ0v) is 7.73. The van der Waals surface area contributed by atoms with Crippen LogP contribution >= 0.6 is 0 Å². The first-order chi connectivity index (χ1) is 5.68. The third-order valence-electron chi connectivity index (χ3n) is 1.40. The second-order valence-electron chi connectivity index (χ2n) is 2.89. The van der Waals surface area contributed by atoms with Crippen molar-refractivity contribution in [1.29, 1.82) is 0 Å². The van der Waals surface area contributed by atoms with Crippen LogP contribution in [0.3, 0.4) is 0 Å². The van der Waals surface area contributed by atoms with Crippen molar-refractivity contribution in [2.75, 3.05) is 14.1 Å². The highest BCUT2D eigenvalue weighted by atomic mass is 15.4. The van der Waals surface area contributed by atoms with Crippen molar-refractivity contribution in [2.24, 2.45) is 12.1 Å². The maximum Gasteiger partial charge on any atom is 0.177 e. The van der Waals surface area contributed by atoms with E-state index in [2.05, 4.69) is 5.10 Å². The Bertz CT molecular complexity index is 279. The van der Waals surface area contributed by atoms with E-state index in [0.717, 1.165) is 5.56 Å². The molecule has 0 aliphatic carbocycles. The van der Waals surface area contributed by atoms with Gasteiger partial charge in [0.05, 0.1) is 11.8 Å². The van der Waals surface area contributed by atoms with E-state index in [-0.39, 0.29) is 0 Å². The van der Waals surface area contributed by atoms with Gasteiger partial charge < -0.3 is 5.01 Å². The number of aryl methyl sites for hydroxylation is 1. The quantitative estimate of drug-likeness (QED) is 0.352.